The van der Waals surface area contributed by atoms with Crippen molar-refractivity contribution in [3.05, 3.63) is 59.4 Å². The fourth-order valence-corrected chi connectivity index (χ4v) is 5.33. The van der Waals surface area contributed by atoms with E-state index >= 15 is 4.39 Å². The van der Waals surface area contributed by atoms with Crippen LogP contribution >= 0.6 is 0 Å². The summed E-state index contributed by atoms with van der Waals surface area (Å²) < 4.78 is 34.6. The van der Waals surface area contributed by atoms with Crippen molar-refractivity contribution < 1.29 is 23.4 Å². The van der Waals surface area contributed by atoms with Crippen LogP contribution in [-0.2, 0) is 4.79 Å². The Morgan fingerprint density at radius 3 is 2.52 bits per heavy atom. The molecule has 0 radical (unpaired) electrons. The lowest BCUT2D eigenvalue weighted by molar-refractivity contribution is -0.151. The number of methoxy groups -OCH3 is 1. The minimum atomic E-state index is -2.28. The number of alkyl halides is 1. The third-order valence-corrected chi connectivity index (χ3v) is 7.43. The number of carboxylic acids is 1. The lowest BCUT2D eigenvalue weighted by atomic mass is 9.78. The maximum atomic E-state index is 15.1. The van der Waals surface area contributed by atoms with Crippen LogP contribution in [-0.4, -0.2) is 30.4 Å². The van der Waals surface area contributed by atoms with Crippen molar-refractivity contribution in [3.63, 3.8) is 0 Å². The molecule has 0 saturated heterocycles. The molecule has 4 rings (SSSR count). The van der Waals surface area contributed by atoms with Crippen molar-refractivity contribution in [2.75, 3.05) is 19.0 Å². The molecule has 0 bridgehead atoms. The summed E-state index contributed by atoms with van der Waals surface area (Å²) in [6.07, 6.45) is 5.59. The van der Waals surface area contributed by atoms with E-state index in [1.165, 1.54) is 13.0 Å². The first-order chi connectivity index (χ1) is 15.8. The molecule has 0 spiro atoms. The molecule has 0 amide bonds. The topological polar surface area (TPSA) is 58.6 Å². The Kier molecular flexibility index (Phi) is 6.91. The highest BCUT2D eigenvalue weighted by Gasteiger charge is 2.50. The number of ether oxygens (including phenoxy) is 1. The van der Waals surface area contributed by atoms with Crippen molar-refractivity contribution in [2.45, 2.75) is 63.0 Å². The van der Waals surface area contributed by atoms with E-state index in [0.29, 0.717) is 11.7 Å². The van der Waals surface area contributed by atoms with E-state index in [0.717, 1.165) is 61.9 Å². The molecule has 1 unspecified atom stereocenters. The Morgan fingerprint density at radius 1 is 1.15 bits per heavy atom. The number of hydrogen-bond donors (Lipinski definition) is 2. The molecule has 2 aliphatic carbocycles. The monoisotopic (exact) mass is 457 g/mol. The summed E-state index contributed by atoms with van der Waals surface area (Å²) in [5, 5.41) is 12.9. The quantitative estimate of drug-likeness (QED) is 0.450. The van der Waals surface area contributed by atoms with Crippen LogP contribution in [0.4, 0.5) is 14.5 Å². The van der Waals surface area contributed by atoms with Gasteiger partial charge >= 0.3 is 5.97 Å². The van der Waals surface area contributed by atoms with E-state index in [-0.39, 0.29) is 17.7 Å². The first-order valence-electron chi connectivity index (χ1n) is 11.9. The maximum Gasteiger partial charge on any atom is 0.341 e. The molecule has 2 atom stereocenters. The normalized spacial score (nSPS) is 23.4. The SMILES string of the molecule is COc1ccc(F)c(C2CCC(CNc3cccc([C@H](C4CC4)C(C)(F)C(=O)O)c3)CC2)c1. The summed E-state index contributed by atoms with van der Waals surface area (Å²) in [7, 11) is 1.59. The summed E-state index contributed by atoms with van der Waals surface area (Å²) >= 11 is 0. The summed E-state index contributed by atoms with van der Waals surface area (Å²) in [6.45, 7) is 1.97. The molecule has 0 aromatic heterocycles. The summed E-state index contributed by atoms with van der Waals surface area (Å²) in [6, 6.07) is 12.5. The van der Waals surface area contributed by atoms with Crippen molar-refractivity contribution in [3.8, 4) is 5.75 Å². The van der Waals surface area contributed by atoms with Crippen LogP contribution in [0.3, 0.4) is 0 Å². The highest BCUT2D eigenvalue weighted by atomic mass is 19.1. The third kappa shape index (κ3) is 5.31. The lowest BCUT2D eigenvalue weighted by Gasteiger charge is -2.30. The number of aliphatic carboxylic acids is 1. The van der Waals surface area contributed by atoms with Gasteiger partial charge in [-0.2, -0.15) is 0 Å². The molecule has 2 N–H and O–H groups in total. The number of nitrogens with one attached hydrogen (secondary N) is 1. The van der Waals surface area contributed by atoms with Gasteiger partial charge in [0.15, 0.2) is 0 Å². The van der Waals surface area contributed by atoms with Gasteiger partial charge in [-0.1, -0.05) is 12.1 Å². The van der Waals surface area contributed by atoms with Crippen LogP contribution in [0.5, 0.6) is 5.75 Å². The minimum absolute atomic E-state index is 0.0821. The zero-order valence-electron chi connectivity index (χ0n) is 19.3. The first kappa shape index (κ1) is 23.5. The minimum Gasteiger partial charge on any atom is -0.497 e. The second-order valence-corrected chi connectivity index (χ2v) is 9.81. The van der Waals surface area contributed by atoms with E-state index in [9.17, 15) is 14.3 Å². The molecule has 2 aliphatic rings. The molecule has 2 fully saturated rings. The zero-order valence-corrected chi connectivity index (χ0v) is 19.3. The van der Waals surface area contributed by atoms with Gasteiger partial charge in [0.05, 0.1) is 7.11 Å². The number of benzene rings is 2. The Labute approximate surface area is 194 Å². The molecule has 0 aliphatic heterocycles. The Hall–Kier alpha value is -2.63. The van der Waals surface area contributed by atoms with E-state index < -0.39 is 17.6 Å². The van der Waals surface area contributed by atoms with E-state index in [4.69, 9.17) is 4.74 Å². The molecule has 2 aromatic rings. The van der Waals surface area contributed by atoms with E-state index in [1.54, 1.807) is 13.2 Å². The highest BCUT2D eigenvalue weighted by Crippen LogP contribution is 2.50. The zero-order chi connectivity index (χ0) is 23.6. The number of halogens is 2. The largest absolute Gasteiger partial charge is 0.497 e. The van der Waals surface area contributed by atoms with Gasteiger partial charge in [-0.05, 0) is 105 Å². The predicted molar refractivity (Wildman–Crippen MR) is 125 cm³/mol. The van der Waals surface area contributed by atoms with Gasteiger partial charge in [-0.25, -0.2) is 13.6 Å². The molecule has 178 valence electrons. The maximum absolute atomic E-state index is 15.1. The van der Waals surface area contributed by atoms with Crippen LogP contribution in [0.1, 0.15) is 68.4 Å². The number of carboxylic acid groups (broad SMARTS) is 1. The second-order valence-electron chi connectivity index (χ2n) is 9.81. The number of hydrogen-bond acceptors (Lipinski definition) is 3. The van der Waals surface area contributed by atoms with Gasteiger partial charge < -0.3 is 15.2 Å². The first-order valence-corrected chi connectivity index (χ1v) is 11.9. The summed E-state index contributed by atoms with van der Waals surface area (Å²) in [5.74, 6) is -0.751. The Balaban J connectivity index is 1.36. The smallest absolute Gasteiger partial charge is 0.341 e. The van der Waals surface area contributed by atoms with Crippen molar-refractivity contribution >= 4 is 11.7 Å². The van der Waals surface area contributed by atoms with E-state index in [1.807, 2.05) is 30.3 Å². The Morgan fingerprint density at radius 2 is 1.88 bits per heavy atom. The fraction of sp³-hybridized carbons (Fsp3) is 0.519. The summed E-state index contributed by atoms with van der Waals surface area (Å²) in [5.41, 5.74) is 0.0906. The number of carbonyl (C=O) groups is 1. The highest BCUT2D eigenvalue weighted by molar-refractivity contribution is 5.78. The van der Waals surface area contributed by atoms with Gasteiger partial charge in [0.2, 0.25) is 5.67 Å². The summed E-state index contributed by atoms with van der Waals surface area (Å²) in [4.78, 5) is 11.5. The molecule has 2 saturated carbocycles. The lowest BCUT2D eigenvalue weighted by Crippen LogP contribution is -2.38. The Bertz CT molecular complexity index is 981. The molecular weight excluding hydrogens is 424 g/mol. The third-order valence-electron chi connectivity index (χ3n) is 7.43. The molecule has 0 heterocycles. The van der Waals surface area contributed by atoms with Crippen LogP contribution < -0.4 is 10.1 Å². The van der Waals surface area contributed by atoms with Gasteiger partial charge in [0.1, 0.15) is 11.6 Å². The fourth-order valence-electron chi connectivity index (χ4n) is 5.33. The predicted octanol–water partition coefficient (Wildman–Crippen LogP) is 6.53. The molecule has 2 aromatic carbocycles. The van der Waals surface area contributed by atoms with Crippen LogP contribution in [0.2, 0.25) is 0 Å². The molecule has 4 nitrogen and oxygen atoms in total. The number of anilines is 1. The van der Waals surface area contributed by atoms with Crippen molar-refractivity contribution in [2.24, 2.45) is 11.8 Å². The number of rotatable bonds is 9. The van der Waals surface area contributed by atoms with Gasteiger partial charge in [-0.15, -0.1) is 0 Å². The standard InChI is InChI=1S/C27H33F2NO3/c1-27(29,26(31)32)25(19-10-11-19)20-4-3-5-21(14-20)30-16-17-6-8-18(9-7-17)23-15-22(33-2)12-13-24(23)28/h3-5,12-15,17-19,25,30H,6-11,16H2,1-2H3,(H,31,32)/t17?,18?,25-,27?/m0/s1. The average Bonchev–Trinajstić information content (AvgIpc) is 3.63. The second kappa shape index (κ2) is 9.70. The molecular formula is C27H33F2NO3. The van der Waals surface area contributed by atoms with Crippen LogP contribution in [0.25, 0.3) is 0 Å². The average molecular weight is 458 g/mol. The van der Waals surface area contributed by atoms with Crippen molar-refractivity contribution in [1.29, 1.82) is 0 Å². The van der Waals surface area contributed by atoms with E-state index in [2.05, 4.69) is 5.32 Å². The van der Waals surface area contributed by atoms with Gasteiger partial charge in [-0.3, -0.25) is 0 Å². The van der Waals surface area contributed by atoms with Gasteiger partial charge in [0.25, 0.3) is 0 Å². The van der Waals surface area contributed by atoms with Crippen LogP contribution in [0, 0.1) is 17.7 Å². The molecule has 6 heteroatoms. The van der Waals surface area contributed by atoms with Gasteiger partial charge in [0, 0.05) is 18.2 Å². The van der Waals surface area contributed by atoms with Crippen LogP contribution in [0.15, 0.2) is 42.5 Å². The van der Waals surface area contributed by atoms with Crippen molar-refractivity contribution in [1.82, 2.24) is 0 Å². The molecule has 33 heavy (non-hydrogen) atoms.